The number of benzene rings is 1. The smallest absolute Gasteiger partial charge is 0.191 e. The van der Waals surface area contributed by atoms with Crippen molar-refractivity contribution in [2.24, 2.45) is 10.9 Å². The molecule has 2 atom stereocenters. The highest BCUT2D eigenvalue weighted by molar-refractivity contribution is 14.0. The number of para-hydroxylation sites is 2. The monoisotopic (exact) mass is 435 g/mol. The molecule has 1 aromatic rings. The van der Waals surface area contributed by atoms with Gasteiger partial charge in [0, 0.05) is 13.1 Å². The Morgan fingerprint density at radius 3 is 2.26 bits per heavy atom. The number of halogens is 1. The Bertz CT molecular complexity index is 481. The number of rotatable bonds is 7. The summed E-state index contributed by atoms with van der Waals surface area (Å²) >= 11 is 0. The third kappa shape index (κ3) is 7.76. The molecule has 0 amide bonds. The zero-order chi connectivity index (χ0) is 16.5. The third-order valence-electron chi connectivity index (χ3n) is 3.54. The van der Waals surface area contributed by atoms with E-state index >= 15 is 0 Å². The fourth-order valence-corrected chi connectivity index (χ4v) is 1.79. The van der Waals surface area contributed by atoms with Crippen molar-refractivity contribution >= 4 is 29.9 Å². The van der Waals surface area contributed by atoms with Gasteiger partial charge in [0.2, 0.25) is 0 Å². The first kappa shape index (κ1) is 21.8. The molecule has 0 saturated carbocycles. The van der Waals surface area contributed by atoms with Gasteiger partial charge in [0.1, 0.15) is 6.10 Å². The van der Waals surface area contributed by atoms with Crippen molar-refractivity contribution in [1.82, 2.24) is 10.6 Å². The van der Waals surface area contributed by atoms with Crippen molar-refractivity contribution in [2.75, 3.05) is 20.7 Å². The summed E-state index contributed by atoms with van der Waals surface area (Å²) in [5.74, 6) is 2.82. The van der Waals surface area contributed by atoms with Crippen LogP contribution in [-0.4, -0.2) is 38.8 Å². The molecule has 0 saturated heterocycles. The summed E-state index contributed by atoms with van der Waals surface area (Å²) in [6.45, 7) is 9.17. The fourth-order valence-electron chi connectivity index (χ4n) is 1.79. The maximum absolute atomic E-state index is 5.91. The maximum atomic E-state index is 5.91. The van der Waals surface area contributed by atoms with Crippen LogP contribution in [0.25, 0.3) is 0 Å². The number of hydrogen-bond donors (Lipinski definition) is 2. The second-order valence-electron chi connectivity index (χ2n) is 5.71. The minimum atomic E-state index is -0.00999. The van der Waals surface area contributed by atoms with E-state index in [0.29, 0.717) is 18.5 Å². The van der Waals surface area contributed by atoms with Gasteiger partial charge in [-0.05, 0) is 31.9 Å². The Labute approximate surface area is 157 Å². The Morgan fingerprint density at radius 2 is 1.74 bits per heavy atom. The molecule has 0 aliphatic carbocycles. The van der Waals surface area contributed by atoms with Crippen LogP contribution < -0.4 is 20.1 Å². The number of nitrogens with zero attached hydrogens (tertiary/aromatic N) is 1. The summed E-state index contributed by atoms with van der Waals surface area (Å²) in [6.07, 6.45) is -0.00999. The zero-order valence-electron chi connectivity index (χ0n) is 14.9. The molecule has 1 aromatic carbocycles. The average molecular weight is 435 g/mol. The highest BCUT2D eigenvalue weighted by Gasteiger charge is 2.11. The van der Waals surface area contributed by atoms with Crippen molar-refractivity contribution in [1.29, 1.82) is 0 Å². The molecule has 5 nitrogen and oxygen atoms in total. The highest BCUT2D eigenvalue weighted by Crippen LogP contribution is 2.26. The first-order valence-corrected chi connectivity index (χ1v) is 7.74. The summed E-state index contributed by atoms with van der Waals surface area (Å²) in [6, 6.07) is 8.01. The van der Waals surface area contributed by atoms with E-state index in [1.807, 2.05) is 31.2 Å². The van der Waals surface area contributed by atoms with Crippen LogP contribution in [0.5, 0.6) is 11.5 Å². The molecule has 2 N–H and O–H groups in total. The molecular weight excluding hydrogens is 405 g/mol. The first-order chi connectivity index (χ1) is 10.5. The van der Waals surface area contributed by atoms with Gasteiger partial charge in [-0.3, -0.25) is 4.99 Å². The van der Waals surface area contributed by atoms with Crippen LogP contribution in [0.3, 0.4) is 0 Å². The van der Waals surface area contributed by atoms with Crippen molar-refractivity contribution < 1.29 is 9.47 Å². The molecule has 0 bridgehead atoms. The SMILES string of the molecule is CN=C(NCC(C)Oc1ccccc1OC)NC(C)C(C)C.I. The lowest BCUT2D eigenvalue weighted by Gasteiger charge is -2.22. The lowest BCUT2D eigenvalue weighted by atomic mass is 10.1. The van der Waals surface area contributed by atoms with Gasteiger partial charge in [0.05, 0.1) is 13.7 Å². The molecule has 0 radical (unpaired) electrons. The maximum Gasteiger partial charge on any atom is 0.191 e. The van der Waals surface area contributed by atoms with E-state index in [9.17, 15) is 0 Å². The van der Waals surface area contributed by atoms with Crippen molar-refractivity contribution in [3.63, 3.8) is 0 Å². The van der Waals surface area contributed by atoms with Crippen LogP contribution >= 0.6 is 24.0 Å². The number of methoxy groups -OCH3 is 1. The highest BCUT2D eigenvalue weighted by atomic mass is 127. The van der Waals surface area contributed by atoms with Crippen LogP contribution in [0, 0.1) is 5.92 Å². The summed E-state index contributed by atoms with van der Waals surface area (Å²) in [5.41, 5.74) is 0. The van der Waals surface area contributed by atoms with Gasteiger partial charge >= 0.3 is 0 Å². The predicted octanol–water partition coefficient (Wildman–Crippen LogP) is 3.29. The summed E-state index contributed by atoms with van der Waals surface area (Å²) in [5, 5.41) is 6.65. The predicted molar refractivity (Wildman–Crippen MR) is 107 cm³/mol. The topological polar surface area (TPSA) is 54.9 Å². The molecule has 1 rings (SSSR count). The number of nitrogens with one attached hydrogen (secondary N) is 2. The van der Waals surface area contributed by atoms with Gasteiger partial charge in [-0.1, -0.05) is 26.0 Å². The second kappa shape index (κ2) is 11.4. The van der Waals surface area contributed by atoms with Gasteiger partial charge in [-0.25, -0.2) is 0 Å². The Morgan fingerprint density at radius 1 is 1.13 bits per heavy atom. The summed E-state index contributed by atoms with van der Waals surface area (Å²) in [4.78, 5) is 4.24. The average Bonchev–Trinajstić information content (AvgIpc) is 2.51. The first-order valence-electron chi connectivity index (χ1n) is 7.74. The van der Waals surface area contributed by atoms with E-state index in [1.54, 1.807) is 14.2 Å². The van der Waals surface area contributed by atoms with Gasteiger partial charge in [0.25, 0.3) is 0 Å². The minimum absolute atomic E-state index is 0. The van der Waals surface area contributed by atoms with Gasteiger partial charge in [-0.2, -0.15) is 0 Å². The van der Waals surface area contributed by atoms with E-state index in [0.717, 1.165) is 17.5 Å². The minimum Gasteiger partial charge on any atom is -0.493 e. The van der Waals surface area contributed by atoms with Gasteiger partial charge in [-0.15, -0.1) is 24.0 Å². The zero-order valence-corrected chi connectivity index (χ0v) is 17.3. The number of ether oxygens (including phenoxy) is 2. The van der Waals surface area contributed by atoms with E-state index < -0.39 is 0 Å². The van der Waals surface area contributed by atoms with Crippen LogP contribution in [0.1, 0.15) is 27.7 Å². The molecule has 0 aliphatic rings. The second-order valence-corrected chi connectivity index (χ2v) is 5.71. The van der Waals surface area contributed by atoms with Crippen LogP contribution in [0.4, 0.5) is 0 Å². The normalized spacial score (nSPS) is 13.8. The van der Waals surface area contributed by atoms with E-state index in [-0.39, 0.29) is 30.1 Å². The van der Waals surface area contributed by atoms with Gasteiger partial charge in [0.15, 0.2) is 17.5 Å². The summed E-state index contributed by atoms with van der Waals surface area (Å²) < 4.78 is 11.2. The van der Waals surface area contributed by atoms with E-state index in [1.165, 1.54) is 0 Å². The molecule has 0 aliphatic heterocycles. The molecular formula is C17H30IN3O2. The van der Waals surface area contributed by atoms with Crippen LogP contribution in [0.2, 0.25) is 0 Å². The van der Waals surface area contributed by atoms with Crippen LogP contribution in [0.15, 0.2) is 29.3 Å². The molecule has 0 spiro atoms. The standard InChI is InChI=1S/C17H29N3O2.HI/c1-12(2)14(4)20-17(18-5)19-11-13(3)22-16-10-8-7-9-15(16)21-6;/h7-10,12-14H,11H2,1-6H3,(H2,18,19,20);1H. The Kier molecular flexibility index (Phi) is 10.8. The summed E-state index contributed by atoms with van der Waals surface area (Å²) in [7, 11) is 3.41. The van der Waals surface area contributed by atoms with Crippen molar-refractivity contribution in [3.05, 3.63) is 24.3 Å². The van der Waals surface area contributed by atoms with Crippen molar-refractivity contribution in [3.8, 4) is 11.5 Å². The Hall–Kier alpha value is -1.18. The molecule has 6 heteroatoms. The molecule has 0 aromatic heterocycles. The lowest BCUT2D eigenvalue weighted by molar-refractivity contribution is 0.213. The third-order valence-corrected chi connectivity index (χ3v) is 3.54. The number of guanidine groups is 1. The molecule has 0 heterocycles. The Balaban J connectivity index is 0.00000484. The van der Waals surface area contributed by atoms with E-state index in [2.05, 4.69) is 36.4 Å². The molecule has 0 fully saturated rings. The van der Waals surface area contributed by atoms with Gasteiger partial charge < -0.3 is 20.1 Å². The fraction of sp³-hybridized carbons (Fsp3) is 0.588. The quantitative estimate of drug-likeness (QED) is 0.392. The number of hydrogen-bond acceptors (Lipinski definition) is 3. The van der Waals surface area contributed by atoms with E-state index in [4.69, 9.17) is 9.47 Å². The lowest BCUT2D eigenvalue weighted by Crippen LogP contribution is -2.46. The molecule has 2 unspecified atom stereocenters. The largest absolute Gasteiger partial charge is 0.493 e. The van der Waals surface area contributed by atoms with Crippen molar-refractivity contribution in [2.45, 2.75) is 39.8 Å². The molecule has 23 heavy (non-hydrogen) atoms. The van der Waals surface area contributed by atoms with Crippen LogP contribution in [-0.2, 0) is 0 Å². The number of aliphatic imine (C=N–C) groups is 1. The molecule has 132 valence electrons.